The van der Waals surface area contributed by atoms with Crippen LogP contribution < -0.4 is 0 Å². The molecule has 1 aromatic rings. The summed E-state index contributed by atoms with van der Waals surface area (Å²) in [5, 5.41) is 9.37. The lowest BCUT2D eigenvalue weighted by Gasteiger charge is -2.22. The van der Waals surface area contributed by atoms with Crippen LogP contribution in [0.3, 0.4) is 0 Å². The molecule has 6 heteroatoms. The molecular weight excluding hydrogens is 342 g/mol. The van der Waals surface area contributed by atoms with Crippen LogP contribution in [0.15, 0.2) is 46.9 Å². The van der Waals surface area contributed by atoms with Gasteiger partial charge < -0.3 is 5.11 Å². The second-order valence-corrected chi connectivity index (χ2v) is 7.17. The first kappa shape index (κ1) is 18.4. The summed E-state index contributed by atoms with van der Waals surface area (Å²) in [5.74, 6) is -1.35. The van der Waals surface area contributed by atoms with E-state index in [1.807, 2.05) is 50.3 Å². The van der Waals surface area contributed by atoms with Gasteiger partial charge in [-0.3, -0.25) is 9.69 Å². The Labute approximate surface area is 151 Å². The van der Waals surface area contributed by atoms with E-state index in [0.29, 0.717) is 22.1 Å². The number of thioether (sulfide) groups is 1. The minimum atomic E-state index is -1.02. The molecule has 0 bridgehead atoms. The number of thiocarbonyl (C=S) groups is 1. The van der Waals surface area contributed by atoms with Crippen molar-refractivity contribution in [1.82, 2.24) is 4.90 Å². The lowest BCUT2D eigenvalue weighted by molar-refractivity contribution is -0.145. The van der Waals surface area contributed by atoms with Crippen molar-refractivity contribution in [2.24, 2.45) is 0 Å². The summed E-state index contributed by atoms with van der Waals surface area (Å²) in [4.78, 5) is 25.7. The number of carboxylic acid groups (broad SMARTS) is 1. The molecule has 0 aromatic heterocycles. The largest absolute Gasteiger partial charge is 0.480 e. The molecule has 24 heavy (non-hydrogen) atoms. The minimum absolute atomic E-state index is 0.305. The van der Waals surface area contributed by atoms with Crippen molar-refractivity contribution in [3.63, 3.8) is 0 Å². The second kappa shape index (κ2) is 8.26. The predicted octanol–water partition coefficient (Wildman–Crippen LogP) is 4.09. The molecule has 1 saturated heterocycles. The van der Waals surface area contributed by atoms with Crippen LogP contribution in [0.1, 0.15) is 32.3 Å². The van der Waals surface area contributed by atoms with Gasteiger partial charge in [-0.05, 0) is 30.6 Å². The quantitative estimate of drug-likeness (QED) is 0.611. The summed E-state index contributed by atoms with van der Waals surface area (Å²) in [7, 11) is 0. The average molecular weight is 361 g/mol. The van der Waals surface area contributed by atoms with E-state index in [1.54, 1.807) is 6.08 Å². The first-order valence-electron chi connectivity index (χ1n) is 7.67. The molecule has 1 fully saturated rings. The minimum Gasteiger partial charge on any atom is -0.480 e. The van der Waals surface area contributed by atoms with E-state index in [-0.39, 0.29) is 5.91 Å². The summed E-state index contributed by atoms with van der Waals surface area (Å²) in [6, 6.07) is 8.89. The molecule has 2 rings (SSSR count). The smallest absolute Gasteiger partial charge is 0.326 e. The third-order valence-electron chi connectivity index (χ3n) is 3.54. The first-order chi connectivity index (χ1) is 11.4. The van der Waals surface area contributed by atoms with Crippen LogP contribution >= 0.6 is 24.0 Å². The van der Waals surface area contributed by atoms with E-state index in [9.17, 15) is 14.7 Å². The maximum Gasteiger partial charge on any atom is 0.326 e. The summed E-state index contributed by atoms with van der Waals surface area (Å²) >= 11 is 6.39. The number of amides is 1. The van der Waals surface area contributed by atoms with E-state index in [0.717, 1.165) is 22.9 Å². The standard InChI is InChI=1S/C18H19NO3S2/c1-3-7-14(17(21)22)19-16(20)15(24-18(19)23)11-12(2)10-13-8-5-4-6-9-13/h4-6,8-11,14H,3,7H2,1-2H3,(H,21,22)/b12-10+,15-11+. The fourth-order valence-electron chi connectivity index (χ4n) is 2.45. The van der Waals surface area contributed by atoms with Crippen molar-refractivity contribution in [2.75, 3.05) is 0 Å². The monoisotopic (exact) mass is 361 g/mol. The number of carbonyl (C=O) groups excluding carboxylic acids is 1. The first-order valence-corrected chi connectivity index (χ1v) is 8.89. The van der Waals surface area contributed by atoms with Crippen LogP contribution in [0.25, 0.3) is 6.08 Å². The molecule has 4 nitrogen and oxygen atoms in total. The third-order valence-corrected chi connectivity index (χ3v) is 4.87. The molecule has 1 aliphatic rings. The highest BCUT2D eigenvalue weighted by Gasteiger charge is 2.39. The maximum absolute atomic E-state index is 12.6. The molecule has 126 valence electrons. The van der Waals surface area contributed by atoms with Crippen molar-refractivity contribution < 1.29 is 14.7 Å². The zero-order valence-electron chi connectivity index (χ0n) is 13.6. The summed E-state index contributed by atoms with van der Waals surface area (Å²) in [6.45, 7) is 3.79. The highest BCUT2D eigenvalue weighted by Crippen LogP contribution is 2.34. The van der Waals surface area contributed by atoms with Crippen LogP contribution in [0.5, 0.6) is 0 Å². The lowest BCUT2D eigenvalue weighted by atomic mass is 10.1. The van der Waals surface area contributed by atoms with Crippen molar-refractivity contribution in [1.29, 1.82) is 0 Å². The van der Waals surface area contributed by atoms with E-state index < -0.39 is 12.0 Å². The number of carbonyl (C=O) groups is 2. The molecule has 1 N–H and O–H groups in total. The molecule has 0 saturated carbocycles. The average Bonchev–Trinajstić information content (AvgIpc) is 2.80. The number of hydrogen-bond donors (Lipinski definition) is 1. The Bertz CT molecular complexity index is 710. The zero-order valence-corrected chi connectivity index (χ0v) is 15.2. The van der Waals surface area contributed by atoms with Crippen LogP contribution in [0.4, 0.5) is 0 Å². The zero-order chi connectivity index (χ0) is 17.7. The Balaban J connectivity index is 2.24. The van der Waals surface area contributed by atoms with Gasteiger partial charge in [0.25, 0.3) is 5.91 Å². The van der Waals surface area contributed by atoms with Gasteiger partial charge in [-0.1, -0.05) is 73.7 Å². The van der Waals surface area contributed by atoms with Crippen LogP contribution in [0.2, 0.25) is 0 Å². The van der Waals surface area contributed by atoms with Crippen molar-refractivity contribution in [3.05, 3.63) is 52.4 Å². The van der Waals surface area contributed by atoms with Crippen molar-refractivity contribution in [2.45, 2.75) is 32.7 Å². The maximum atomic E-state index is 12.6. The van der Waals surface area contributed by atoms with Gasteiger partial charge in [0.15, 0.2) is 0 Å². The van der Waals surface area contributed by atoms with Gasteiger partial charge in [0, 0.05) is 0 Å². The van der Waals surface area contributed by atoms with Crippen LogP contribution in [-0.4, -0.2) is 32.2 Å². The van der Waals surface area contributed by atoms with E-state index in [2.05, 4.69) is 0 Å². The van der Waals surface area contributed by atoms with Crippen molar-refractivity contribution >= 4 is 46.3 Å². The topological polar surface area (TPSA) is 57.6 Å². The van der Waals surface area contributed by atoms with Gasteiger partial charge in [0.1, 0.15) is 10.4 Å². The second-order valence-electron chi connectivity index (χ2n) is 5.49. The number of carboxylic acids is 1. The lowest BCUT2D eigenvalue weighted by Crippen LogP contribution is -2.43. The van der Waals surface area contributed by atoms with Gasteiger partial charge in [0.05, 0.1) is 4.91 Å². The number of benzene rings is 1. The molecule has 1 heterocycles. The highest BCUT2D eigenvalue weighted by atomic mass is 32.2. The van der Waals surface area contributed by atoms with E-state index in [1.165, 1.54) is 4.90 Å². The number of nitrogens with zero attached hydrogens (tertiary/aromatic N) is 1. The van der Waals surface area contributed by atoms with Gasteiger partial charge in [-0.25, -0.2) is 4.79 Å². The molecular formula is C18H19NO3S2. The summed E-state index contributed by atoms with van der Waals surface area (Å²) in [6.07, 6.45) is 4.78. The molecule has 1 unspecified atom stereocenters. The number of allylic oxidation sites excluding steroid dienone is 2. The molecule has 1 aliphatic heterocycles. The highest BCUT2D eigenvalue weighted by molar-refractivity contribution is 8.26. The van der Waals surface area contributed by atoms with E-state index in [4.69, 9.17) is 12.2 Å². The third kappa shape index (κ3) is 4.33. The number of hydrogen-bond acceptors (Lipinski definition) is 4. The molecule has 1 aromatic carbocycles. The molecule has 1 amide bonds. The van der Waals surface area contributed by atoms with Crippen LogP contribution in [-0.2, 0) is 9.59 Å². The van der Waals surface area contributed by atoms with Gasteiger partial charge in [-0.2, -0.15) is 0 Å². The molecule has 1 atom stereocenters. The van der Waals surface area contributed by atoms with Gasteiger partial charge in [-0.15, -0.1) is 0 Å². The van der Waals surface area contributed by atoms with Gasteiger partial charge >= 0.3 is 5.97 Å². The Morgan fingerprint density at radius 1 is 1.38 bits per heavy atom. The van der Waals surface area contributed by atoms with E-state index >= 15 is 0 Å². The molecule has 0 spiro atoms. The van der Waals surface area contributed by atoms with Crippen LogP contribution in [0, 0.1) is 0 Å². The van der Waals surface area contributed by atoms with Crippen molar-refractivity contribution in [3.8, 4) is 0 Å². The Kier molecular flexibility index (Phi) is 6.34. The Hall–Kier alpha value is -1.92. The Morgan fingerprint density at radius 3 is 2.62 bits per heavy atom. The summed E-state index contributed by atoms with van der Waals surface area (Å²) in [5.41, 5.74) is 1.94. The molecule has 0 aliphatic carbocycles. The fourth-order valence-corrected chi connectivity index (χ4v) is 3.85. The molecule has 0 radical (unpaired) electrons. The predicted molar refractivity (Wildman–Crippen MR) is 102 cm³/mol. The number of rotatable bonds is 6. The fraction of sp³-hybridized carbons (Fsp3) is 0.278. The Morgan fingerprint density at radius 2 is 2.04 bits per heavy atom. The van der Waals surface area contributed by atoms with Gasteiger partial charge in [0.2, 0.25) is 0 Å². The normalized spacial score (nSPS) is 18.3. The number of aliphatic carboxylic acids is 1. The SMILES string of the molecule is CCCC(C(=O)O)N1C(=O)/C(=C\C(C)=C\c2ccccc2)SC1=S. The summed E-state index contributed by atoms with van der Waals surface area (Å²) < 4.78 is 0.305.